The average molecular weight is 340 g/mol. The topological polar surface area (TPSA) is 59.8 Å². The molecule has 1 aromatic carbocycles. The number of aryl methyl sites for hydroxylation is 2. The number of aromatic nitrogens is 3. The van der Waals surface area contributed by atoms with Crippen LogP contribution in [0.5, 0.6) is 0 Å². The molecule has 0 bridgehead atoms. The summed E-state index contributed by atoms with van der Waals surface area (Å²) in [6, 6.07) is 8.02. The van der Waals surface area contributed by atoms with Crippen molar-refractivity contribution in [2.45, 2.75) is 38.6 Å². The Bertz CT molecular complexity index is 867. The van der Waals surface area contributed by atoms with Gasteiger partial charge in [-0.1, -0.05) is 18.2 Å². The normalized spacial score (nSPS) is 13.8. The Labute approximate surface area is 144 Å². The second-order valence-corrected chi connectivity index (χ2v) is 7.06. The minimum absolute atomic E-state index is 0.00993. The Balaban J connectivity index is 1.33. The Morgan fingerprint density at radius 1 is 1.25 bits per heavy atom. The van der Waals surface area contributed by atoms with Crippen molar-refractivity contribution in [2.75, 3.05) is 6.54 Å². The maximum atomic E-state index is 12.4. The molecule has 1 aliphatic rings. The molecule has 0 spiro atoms. The van der Waals surface area contributed by atoms with E-state index in [1.165, 1.54) is 12.8 Å². The van der Waals surface area contributed by atoms with Crippen LogP contribution in [0, 0.1) is 0 Å². The molecule has 0 unspecified atom stereocenters. The van der Waals surface area contributed by atoms with Crippen molar-refractivity contribution in [3.05, 3.63) is 46.9 Å². The van der Waals surface area contributed by atoms with Gasteiger partial charge in [0.2, 0.25) is 0 Å². The summed E-state index contributed by atoms with van der Waals surface area (Å²) in [5.41, 5.74) is 0.774. The number of thiophene rings is 1. The second kappa shape index (κ2) is 6.73. The smallest absolute Gasteiger partial charge is 0.252 e. The fourth-order valence-electron chi connectivity index (χ4n) is 3.25. The Morgan fingerprint density at radius 2 is 2.17 bits per heavy atom. The highest BCUT2D eigenvalue weighted by molar-refractivity contribution is 7.17. The van der Waals surface area contributed by atoms with E-state index in [1.807, 2.05) is 29.6 Å². The molecule has 0 saturated carbocycles. The third-order valence-corrected chi connectivity index (χ3v) is 5.49. The van der Waals surface area contributed by atoms with Gasteiger partial charge in [-0.05, 0) is 25.3 Å². The molecular formula is C18H20N4OS. The van der Waals surface area contributed by atoms with Crippen LogP contribution in [0.15, 0.2) is 29.6 Å². The lowest BCUT2D eigenvalue weighted by molar-refractivity contribution is 0.0955. The lowest BCUT2D eigenvalue weighted by Crippen LogP contribution is -2.24. The first-order valence-corrected chi connectivity index (χ1v) is 9.36. The fourth-order valence-corrected chi connectivity index (χ4v) is 4.19. The van der Waals surface area contributed by atoms with E-state index in [9.17, 15) is 4.79 Å². The molecule has 2 aromatic heterocycles. The van der Waals surface area contributed by atoms with Crippen LogP contribution < -0.4 is 5.32 Å². The highest BCUT2D eigenvalue weighted by Gasteiger charge is 2.15. The van der Waals surface area contributed by atoms with Gasteiger partial charge < -0.3 is 9.88 Å². The summed E-state index contributed by atoms with van der Waals surface area (Å²) in [6.45, 7) is 1.69. The number of hydrogen-bond donors (Lipinski definition) is 1. The molecule has 3 heterocycles. The molecule has 24 heavy (non-hydrogen) atoms. The molecule has 0 saturated heterocycles. The first kappa shape index (κ1) is 15.3. The summed E-state index contributed by atoms with van der Waals surface area (Å²) < 4.78 is 3.40. The zero-order valence-electron chi connectivity index (χ0n) is 13.5. The van der Waals surface area contributed by atoms with E-state index in [1.54, 1.807) is 11.3 Å². The number of nitrogens with zero attached hydrogens (tertiary/aromatic N) is 3. The van der Waals surface area contributed by atoms with Crippen LogP contribution in [0.3, 0.4) is 0 Å². The van der Waals surface area contributed by atoms with Gasteiger partial charge in [-0.3, -0.25) is 4.79 Å². The molecule has 1 amide bonds. The van der Waals surface area contributed by atoms with E-state index in [-0.39, 0.29) is 5.91 Å². The lowest BCUT2D eigenvalue weighted by atomic mass is 10.1. The number of benzene rings is 1. The van der Waals surface area contributed by atoms with Gasteiger partial charge in [0.05, 0.1) is 5.56 Å². The molecule has 4 rings (SSSR count). The van der Waals surface area contributed by atoms with Gasteiger partial charge in [0.25, 0.3) is 5.91 Å². The maximum absolute atomic E-state index is 12.4. The number of rotatable bonds is 5. The van der Waals surface area contributed by atoms with Crippen LogP contribution >= 0.6 is 11.3 Å². The van der Waals surface area contributed by atoms with E-state index in [4.69, 9.17) is 0 Å². The molecule has 0 atom stereocenters. The van der Waals surface area contributed by atoms with Gasteiger partial charge in [-0.25, -0.2) is 0 Å². The monoisotopic (exact) mass is 340 g/mol. The molecule has 6 heteroatoms. The summed E-state index contributed by atoms with van der Waals surface area (Å²) >= 11 is 1.61. The van der Waals surface area contributed by atoms with Gasteiger partial charge >= 0.3 is 0 Å². The van der Waals surface area contributed by atoms with E-state index >= 15 is 0 Å². The largest absolute Gasteiger partial charge is 0.352 e. The number of carbonyl (C=O) groups excluding carboxylic acids is 1. The van der Waals surface area contributed by atoms with Crippen molar-refractivity contribution in [1.29, 1.82) is 0 Å². The Hall–Kier alpha value is -2.21. The lowest BCUT2D eigenvalue weighted by Gasteiger charge is -2.14. The zero-order valence-corrected chi connectivity index (χ0v) is 14.3. The first-order chi connectivity index (χ1) is 11.8. The van der Waals surface area contributed by atoms with Crippen molar-refractivity contribution in [3.8, 4) is 0 Å². The number of fused-ring (bicyclic) bond motifs is 2. The van der Waals surface area contributed by atoms with E-state index < -0.39 is 0 Å². The summed E-state index contributed by atoms with van der Waals surface area (Å²) in [5, 5.41) is 14.6. The van der Waals surface area contributed by atoms with Crippen LogP contribution in [-0.2, 0) is 19.4 Å². The summed E-state index contributed by atoms with van der Waals surface area (Å²) in [7, 11) is 0. The van der Waals surface area contributed by atoms with Crippen LogP contribution in [0.2, 0.25) is 0 Å². The van der Waals surface area contributed by atoms with Crippen molar-refractivity contribution < 1.29 is 4.79 Å². The number of carbonyl (C=O) groups is 1. The van der Waals surface area contributed by atoms with Gasteiger partial charge in [-0.2, -0.15) is 0 Å². The predicted molar refractivity (Wildman–Crippen MR) is 95.4 cm³/mol. The van der Waals surface area contributed by atoms with Gasteiger partial charge in [0.1, 0.15) is 11.6 Å². The first-order valence-electron chi connectivity index (χ1n) is 8.48. The molecule has 5 nitrogen and oxygen atoms in total. The van der Waals surface area contributed by atoms with Gasteiger partial charge in [-0.15, -0.1) is 21.5 Å². The molecule has 124 valence electrons. The third kappa shape index (κ3) is 2.94. The molecule has 1 aliphatic heterocycles. The Kier molecular flexibility index (Phi) is 4.30. The predicted octanol–water partition coefficient (Wildman–Crippen LogP) is 3.19. The molecule has 0 fully saturated rings. The molecule has 0 radical (unpaired) electrons. The maximum Gasteiger partial charge on any atom is 0.252 e. The molecule has 3 aromatic rings. The van der Waals surface area contributed by atoms with E-state index in [2.05, 4.69) is 20.1 Å². The van der Waals surface area contributed by atoms with Gasteiger partial charge in [0, 0.05) is 41.4 Å². The van der Waals surface area contributed by atoms with E-state index in [0.717, 1.165) is 53.1 Å². The molecule has 0 aliphatic carbocycles. The highest BCUT2D eigenvalue weighted by atomic mass is 32.1. The zero-order chi connectivity index (χ0) is 16.4. The molecule has 1 N–H and O–H groups in total. The van der Waals surface area contributed by atoms with Crippen LogP contribution in [-0.4, -0.2) is 27.2 Å². The number of amides is 1. The van der Waals surface area contributed by atoms with E-state index in [0.29, 0.717) is 6.54 Å². The summed E-state index contributed by atoms with van der Waals surface area (Å²) in [4.78, 5) is 12.4. The van der Waals surface area contributed by atoms with Crippen molar-refractivity contribution in [3.63, 3.8) is 0 Å². The standard InChI is InChI=1S/C18H20N4OS/c23-18(14-12-24-15-7-2-1-6-13(14)15)19-10-5-9-17-21-20-16-8-3-4-11-22(16)17/h1-2,6-7,12H,3-5,8-11H2,(H,19,23). The molecular weight excluding hydrogens is 320 g/mol. The minimum Gasteiger partial charge on any atom is -0.352 e. The van der Waals surface area contributed by atoms with Crippen molar-refractivity contribution in [2.24, 2.45) is 0 Å². The van der Waals surface area contributed by atoms with Gasteiger partial charge in [0.15, 0.2) is 0 Å². The minimum atomic E-state index is 0.00993. The average Bonchev–Trinajstić information content (AvgIpc) is 3.23. The van der Waals surface area contributed by atoms with Crippen LogP contribution in [0.1, 0.15) is 41.3 Å². The van der Waals surface area contributed by atoms with Crippen LogP contribution in [0.25, 0.3) is 10.1 Å². The SMILES string of the molecule is O=C(NCCCc1nnc2n1CCCC2)c1csc2ccccc12. The third-order valence-electron chi connectivity index (χ3n) is 4.52. The quantitative estimate of drug-likeness (QED) is 0.726. The summed E-state index contributed by atoms with van der Waals surface area (Å²) in [6.07, 6.45) is 5.20. The second-order valence-electron chi connectivity index (χ2n) is 6.15. The highest BCUT2D eigenvalue weighted by Crippen LogP contribution is 2.25. The fraction of sp³-hybridized carbons (Fsp3) is 0.389. The summed E-state index contributed by atoms with van der Waals surface area (Å²) in [5.74, 6) is 2.18. The van der Waals surface area contributed by atoms with Crippen molar-refractivity contribution in [1.82, 2.24) is 20.1 Å². The van der Waals surface area contributed by atoms with Crippen molar-refractivity contribution >= 4 is 27.3 Å². The Morgan fingerprint density at radius 3 is 3.12 bits per heavy atom. The number of hydrogen-bond acceptors (Lipinski definition) is 4. The number of nitrogens with one attached hydrogen (secondary N) is 1. The van der Waals surface area contributed by atoms with Crippen LogP contribution in [0.4, 0.5) is 0 Å².